The van der Waals surface area contributed by atoms with Gasteiger partial charge in [-0.25, -0.2) is 14.2 Å². The number of phosphoric acid groups is 1. The van der Waals surface area contributed by atoms with E-state index in [1.54, 1.807) is 9.58 Å². The third-order valence-electron chi connectivity index (χ3n) is 6.17. The van der Waals surface area contributed by atoms with Gasteiger partial charge in [0.05, 0.1) is 50.8 Å². The summed E-state index contributed by atoms with van der Waals surface area (Å²) in [5, 5.41) is 7.09. The molecule has 0 bridgehead atoms. The topological polar surface area (TPSA) is 156 Å². The minimum Gasteiger partial charge on any atom is -0.453 e. The van der Waals surface area contributed by atoms with Gasteiger partial charge in [-0.15, -0.1) is 0 Å². The van der Waals surface area contributed by atoms with Crippen molar-refractivity contribution >= 4 is 31.4 Å². The number of ether oxygens (including phenoxy) is 2. The first kappa shape index (κ1) is 22.7. The predicted molar refractivity (Wildman–Crippen MR) is 117 cm³/mol. The van der Waals surface area contributed by atoms with Crippen LogP contribution in [0.2, 0.25) is 0 Å². The van der Waals surface area contributed by atoms with Crippen molar-refractivity contribution in [2.75, 3.05) is 30.1 Å². The first-order valence-corrected chi connectivity index (χ1v) is 12.2. The zero-order valence-electron chi connectivity index (χ0n) is 18.3. The molecular formula is C20H24N5O8P. The smallest absolute Gasteiger partial charge is 0.453 e. The first-order chi connectivity index (χ1) is 16.2. The quantitative estimate of drug-likeness (QED) is 0.478. The molecule has 34 heavy (non-hydrogen) atoms. The molecule has 1 saturated heterocycles. The van der Waals surface area contributed by atoms with E-state index in [9.17, 15) is 14.2 Å². The van der Waals surface area contributed by atoms with E-state index in [0.29, 0.717) is 19.5 Å². The van der Waals surface area contributed by atoms with Crippen molar-refractivity contribution in [3.05, 3.63) is 41.2 Å². The number of cyclic esters (lactones) is 1. The third-order valence-corrected chi connectivity index (χ3v) is 6.68. The molecule has 0 radical (unpaired) electrons. The molecule has 1 aromatic carbocycles. The van der Waals surface area contributed by atoms with Gasteiger partial charge < -0.3 is 29.5 Å². The van der Waals surface area contributed by atoms with Crippen molar-refractivity contribution < 1.29 is 37.9 Å². The third kappa shape index (κ3) is 4.34. The Hall–Kier alpha value is -3.12. The van der Waals surface area contributed by atoms with Gasteiger partial charge >= 0.3 is 20.0 Å². The van der Waals surface area contributed by atoms with Crippen LogP contribution in [0, 0.1) is 0 Å². The molecule has 0 saturated carbocycles. The Morgan fingerprint density at radius 2 is 2.15 bits per heavy atom. The Kier molecular flexibility index (Phi) is 5.72. The molecule has 5 rings (SSSR count). The summed E-state index contributed by atoms with van der Waals surface area (Å²) in [4.78, 5) is 45.2. The second-order valence-corrected chi connectivity index (χ2v) is 9.53. The number of fused-ring (bicyclic) bond motifs is 4. The lowest BCUT2D eigenvalue weighted by molar-refractivity contribution is 0.123. The van der Waals surface area contributed by atoms with Crippen LogP contribution < -0.4 is 15.1 Å². The number of nitrogens with one attached hydrogen (secondary N) is 1. The summed E-state index contributed by atoms with van der Waals surface area (Å²) in [6, 6.07) is 5.75. The number of alkyl carbamates (subject to hydrolysis) is 1. The van der Waals surface area contributed by atoms with E-state index in [4.69, 9.17) is 14.5 Å². The number of rotatable bonds is 7. The Labute approximate surface area is 194 Å². The van der Waals surface area contributed by atoms with Gasteiger partial charge in [-0.2, -0.15) is 5.10 Å². The average molecular weight is 493 g/mol. The number of nitrogens with zero attached hydrogens (tertiary/aromatic N) is 4. The van der Waals surface area contributed by atoms with E-state index in [1.807, 2.05) is 18.3 Å². The van der Waals surface area contributed by atoms with E-state index >= 15 is 0 Å². The maximum atomic E-state index is 12.4. The Bertz CT molecular complexity index is 1160. The van der Waals surface area contributed by atoms with Crippen LogP contribution in [0.5, 0.6) is 0 Å². The van der Waals surface area contributed by atoms with Crippen LogP contribution in [0.1, 0.15) is 16.8 Å². The molecule has 1 unspecified atom stereocenters. The Morgan fingerprint density at radius 3 is 2.88 bits per heavy atom. The Balaban J connectivity index is 1.23. The molecule has 1 aromatic heterocycles. The molecule has 13 nitrogen and oxygen atoms in total. The number of phosphoric ester groups is 1. The highest BCUT2D eigenvalue weighted by atomic mass is 31.2. The molecule has 3 N–H and O–H groups in total. The standard InChI is InChI=1S/C20H24N5O8P/c1-31-19(26)21-8-18-17-7-12-6-14(2-3-16(12)25(17)20(27)33-18)23-9-13-10-24(22-15(13)11-23)4-5-32-34(28,29)30/h2-3,6,10,17-18H,4-5,7-9,11H2,1H3,(H,21,26)(H2,28,29,30)/t17?,18-/m0/s1. The van der Waals surface area contributed by atoms with Crippen LogP contribution in [-0.4, -0.2) is 64.2 Å². The van der Waals surface area contributed by atoms with Crippen molar-refractivity contribution in [3.63, 3.8) is 0 Å². The molecule has 0 spiro atoms. The monoisotopic (exact) mass is 493 g/mol. The van der Waals surface area contributed by atoms with Crippen LogP contribution in [0.4, 0.5) is 21.0 Å². The van der Waals surface area contributed by atoms with Crippen molar-refractivity contribution in [1.29, 1.82) is 0 Å². The van der Waals surface area contributed by atoms with Gasteiger partial charge in [0.15, 0.2) is 0 Å². The normalized spacial score (nSPS) is 20.7. The van der Waals surface area contributed by atoms with Gasteiger partial charge in [-0.1, -0.05) is 0 Å². The lowest BCUT2D eigenvalue weighted by Gasteiger charge is -2.20. The number of hydrogen-bond donors (Lipinski definition) is 3. The van der Waals surface area contributed by atoms with E-state index < -0.39 is 26.1 Å². The van der Waals surface area contributed by atoms with E-state index in [1.165, 1.54) is 7.11 Å². The highest BCUT2D eigenvalue weighted by Gasteiger charge is 2.47. The minimum atomic E-state index is -4.49. The van der Waals surface area contributed by atoms with Crippen LogP contribution in [0.3, 0.4) is 0 Å². The van der Waals surface area contributed by atoms with Crippen molar-refractivity contribution in [1.82, 2.24) is 15.1 Å². The first-order valence-electron chi connectivity index (χ1n) is 10.7. The summed E-state index contributed by atoms with van der Waals surface area (Å²) < 4.78 is 26.9. The molecule has 1 fully saturated rings. The lowest BCUT2D eigenvalue weighted by atomic mass is 10.0. The molecule has 182 valence electrons. The van der Waals surface area contributed by atoms with Crippen molar-refractivity contribution in [2.24, 2.45) is 0 Å². The number of aromatic nitrogens is 2. The number of carbonyl (C=O) groups is 2. The van der Waals surface area contributed by atoms with Gasteiger partial charge in [-0.05, 0) is 30.2 Å². The van der Waals surface area contributed by atoms with Gasteiger partial charge in [-0.3, -0.25) is 14.1 Å². The predicted octanol–water partition coefficient (Wildman–Crippen LogP) is 1.12. The molecular weight excluding hydrogens is 469 g/mol. The van der Waals surface area contributed by atoms with Gasteiger partial charge in [0.25, 0.3) is 0 Å². The number of anilines is 2. The van der Waals surface area contributed by atoms with Gasteiger partial charge in [0, 0.05) is 24.0 Å². The van der Waals surface area contributed by atoms with Crippen LogP contribution >= 0.6 is 7.82 Å². The molecule has 3 aliphatic rings. The zero-order valence-corrected chi connectivity index (χ0v) is 19.2. The maximum Gasteiger partial charge on any atom is 0.469 e. The van der Waals surface area contributed by atoms with Crippen molar-refractivity contribution in [3.8, 4) is 0 Å². The summed E-state index contributed by atoms with van der Waals surface area (Å²) in [6.07, 6.45) is 1.01. The largest absolute Gasteiger partial charge is 0.469 e. The number of carbonyl (C=O) groups excluding carboxylic acids is 2. The molecule has 0 aliphatic carbocycles. The second-order valence-electron chi connectivity index (χ2n) is 8.29. The van der Waals surface area contributed by atoms with E-state index in [-0.39, 0.29) is 25.7 Å². The molecule has 4 heterocycles. The fourth-order valence-corrected chi connectivity index (χ4v) is 4.97. The summed E-state index contributed by atoms with van der Waals surface area (Å²) in [5.41, 5.74) is 4.79. The second kappa shape index (κ2) is 8.58. The summed E-state index contributed by atoms with van der Waals surface area (Å²) in [5.74, 6) is 0. The summed E-state index contributed by atoms with van der Waals surface area (Å²) in [6.45, 7) is 1.54. The van der Waals surface area contributed by atoms with Crippen LogP contribution in [0.25, 0.3) is 0 Å². The highest BCUT2D eigenvalue weighted by Crippen LogP contribution is 2.41. The fourth-order valence-electron chi connectivity index (χ4n) is 4.65. The fraction of sp³-hybridized carbons (Fsp3) is 0.450. The van der Waals surface area contributed by atoms with Crippen molar-refractivity contribution in [2.45, 2.75) is 38.2 Å². The molecule has 14 heteroatoms. The average Bonchev–Trinajstić information content (AvgIpc) is 3.50. The lowest BCUT2D eigenvalue weighted by Crippen LogP contribution is -2.40. The molecule has 2 aromatic rings. The van der Waals surface area contributed by atoms with Gasteiger partial charge in [0.2, 0.25) is 0 Å². The maximum absolute atomic E-state index is 12.4. The number of hydrogen-bond acceptors (Lipinski definition) is 8. The molecule has 2 atom stereocenters. The molecule has 2 amide bonds. The SMILES string of the molecule is COC(=O)NC[C@@H]1OC(=O)N2c3ccc(N4Cc5cn(CCOP(=O)(O)O)nc5C4)cc3CC12. The van der Waals surface area contributed by atoms with Crippen LogP contribution in [-0.2, 0) is 44.6 Å². The summed E-state index contributed by atoms with van der Waals surface area (Å²) >= 11 is 0. The minimum absolute atomic E-state index is 0.129. The highest BCUT2D eigenvalue weighted by molar-refractivity contribution is 7.46. The Morgan fingerprint density at radius 1 is 1.32 bits per heavy atom. The summed E-state index contributed by atoms with van der Waals surface area (Å²) in [7, 11) is -3.21. The van der Waals surface area contributed by atoms with Gasteiger partial charge in [0.1, 0.15) is 6.10 Å². The van der Waals surface area contributed by atoms with E-state index in [0.717, 1.165) is 28.2 Å². The number of amides is 2. The number of methoxy groups -OCH3 is 1. The van der Waals surface area contributed by atoms with E-state index in [2.05, 4.69) is 30.6 Å². The number of benzene rings is 1. The molecule has 3 aliphatic heterocycles. The van der Waals surface area contributed by atoms with Crippen LogP contribution in [0.15, 0.2) is 24.4 Å². The zero-order chi connectivity index (χ0) is 24.0.